The van der Waals surface area contributed by atoms with Crippen molar-refractivity contribution >= 4 is 15.9 Å². The number of amides is 1. The van der Waals surface area contributed by atoms with Gasteiger partial charge >= 0.3 is 0 Å². The van der Waals surface area contributed by atoms with Gasteiger partial charge in [0.25, 0.3) is 0 Å². The molecule has 2 aliphatic rings. The third-order valence-corrected chi connectivity index (χ3v) is 8.40. The summed E-state index contributed by atoms with van der Waals surface area (Å²) in [6.07, 6.45) is 1.33. The monoisotopic (exact) mass is 487 g/mol. The lowest BCUT2D eigenvalue weighted by Gasteiger charge is -2.31. The number of carbonyl (C=O) groups is 1. The summed E-state index contributed by atoms with van der Waals surface area (Å²) in [4.78, 5) is 15.6. The zero-order chi connectivity index (χ0) is 24.0. The van der Waals surface area contributed by atoms with Crippen molar-refractivity contribution in [3.8, 4) is 5.75 Å². The minimum Gasteiger partial charge on any atom is -0.497 e. The van der Waals surface area contributed by atoms with Crippen molar-refractivity contribution in [3.63, 3.8) is 0 Å². The number of hydrogen-bond acceptors (Lipinski definition) is 6. The van der Waals surface area contributed by atoms with E-state index in [9.17, 15) is 13.2 Å². The first kappa shape index (κ1) is 24.7. The van der Waals surface area contributed by atoms with Gasteiger partial charge in [-0.15, -0.1) is 0 Å². The number of methoxy groups -OCH3 is 1. The molecule has 2 fully saturated rings. The molecule has 184 valence electrons. The number of carbonyl (C=O) groups excluding carboxylic acids is 1. The van der Waals surface area contributed by atoms with E-state index in [4.69, 9.17) is 9.47 Å². The second-order valence-corrected chi connectivity index (χ2v) is 10.7. The van der Waals surface area contributed by atoms with Crippen molar-refractivity contribution in [2.75, 3.05) is 46.5 Å². The van der Waals surface area contributed by atoms with Crippen molar-refractivity contribution in [2.45, 2.75) is 30.8 Å². The largest absolute Gasteiger partial charge is 0.497 e. The van der Waals surface area contributed by atoms with Crippen LogP contribution in [-0.2, 0) is 32.6 Å². The first-order valence-corrected chi connectivity index (χ1v) is 13.2. The normalized spacial score (nSPS) is 20.1. The Morgan fingerprint density at radius 1 is 1.06 bits per heavy atom. The Balaban J connectivity index is 1.36. The van der Waals surface area contributed by atoms with Crippen LogP contribution in [0, 0.1) is 5.92 Å². The first-order chi connectivity index (χ1) is 16.5. The van der Waals surface area contributed by atoms with Crippen LogP contribution < -0.4 is 10.1 Å². The third kappa shape index (κ3) is 5.96. The van der Waals surface area contributed by atoms with E-state index in [0.29, 0.717) is 31.7 Å². The van der Waals surface area contributed by atoms with Crippen LogP contribution in [0.2, 0.25) is 0 Å². The van der Waals surface area contributed by atoms with E-state index < -0.39 is 10.0 Å². The van der Waals surface area contributed by atoms with Gasteiger partial charge in [-0.05, 0) is 48.2 Å². The molecule has 34 heavy (non-hydrogen) atoms. The molecule has 4 rings (SSSR count). The van der Waals surface area contributed by atoms with Gasteiger partial charge in [-0.25, -0.2) is 8.42 Å². The minimum absolute atomic E-state index is 0.101. The molecule has 2 aromatic rings. The molecule has 2 aromatic carbocycles. The van der Waals surface area contributed by atoms with E-state index in [-0.39, 0.29) is 23.3 Å². The molecule has 9 heteroatoms. The van der Waals surface area contributed by atoms with E-state index in [0.717, 1.165) is 38.4 Å². The van der Waals surface area contributed by atoms with Crippen molar-refractivity contribution < 1.29 is 22.7 Å². The second-order valence-electron chi connectivity index (χ2n) is 8.75. The lowest BCUT2D eigenvalue weighted by Crippen LogP contribution is -2.45. The third-order valence-electron chi connectivity index (χ3n) is 6.52. The van der Waals surface area contributed by atoms with Gasteiger partial charge in [0.2, 0.25) is 15.9 Å². The van der Waals surface area contributed by atoms with E-state index >= 15 is 0 Å². The predicted molar refractivity (Wildman–Crippen MR) is 129 cm³/mol. The van der Waals surface area contributed by atoms with E-state index in [1.165, 1.54) is 9.87 Å². The second kappa shape index (κ2) is 11.3. The molecule has 1 amide bonds. The van der Waals surface area contributed by atoms with Crippen LogP contribution in [0.1, 0.15) is 24.0 Å². The number of nitrogens with zero attached hydrogens (tertiary/aromatic N) is 2. The van der Waals surface area contributed by atoms with Crippen molar-refractivity contribution in [1.29, 1.82) is 0 Å². The standard InChI is InChI=1S/C25H33N3O5S/c1-32-23-8-10-24(11-9-23)34(30,31)28-12-4-7-22(19-28)25(29)26-17-20-5-2-3-6-21(20)18-27-13-15-33-16-14-27/h2-3,5-6,8-11,22H,4,7,12-19H2,1H3,(H,26,29). The van der Waals surface area contributed by atoms with Crippen molar-refractivity contribution in [3.05, 3.63) is 59.7 Å². The van der Waals surface area contributed by atoms with Crippen LogP contribution >= 0.6 is 0 Å². The molecule has 2 saturated heterocycles. The number of hydrogen-bond donors (Lipinski definition) is 1. The summed E-state index contributed by atoms with van der Waals surface area (Å²) in [7, 11) is -2.12. The Kier molecular flexibility index (Phi) is 8.20. The molecule has 2 heterocycles. The Bertz CT molecular complexity index is 1070. The fourth-order valence-corrected chi connectivity index (χ4v) is 6.01. The quantitative estimate of drug-likeness (QED) is 0.615. The van der Waals surface area contributed by atoms with Gasteiger partial charge in [0.1, 0.15) is 5.75 Å². The van der Waals surface area contributed by atoms with Gasteiger partial charge in [-0.2, -0.15) is 4.31 Å². The molecule has 1 N–H and O–H groups in total. The predicted octanol–water partition coefficient (Wildman–Crippen LogP) is 2.24. The van der Waals surface area contributed by atoms with Crippen LogP contribution in [0.3, 0.4) is 0 Å². The van der Waals surface area contributed by atoms with Gasteiger partial charge < -0.3 is 14.8 Å². The lowest BCUT2D eigenvalue weighted by atomic mass is 9.98. The summed E-state index contributed by atoms with van der Waals surface area (Å²) in [5.74, 6) is 0.132. The Hall–Kier alpha value is -2.46. The number of benzene rings is 2. The maximum absolute atomic E-state index is 13.1. The maximum atomic E-state index is 13.1. The minimum atomic E-state index is -3.66. The van der Waals surface area contributed by atoms with Gasteiger partial charge in [0.05, 0.1) is 31.1 Å². The van der Waals surface area contributed by atoms with Crippen LogP contribution in [-0.4, -0.2) is 70.0 Å². The van der Waals surface area contributed by atoms with Gasteiger partial charge in [0.15, 0.2) is 0 Å². The highest BCUT2D eigenvalue weighted by Crippen LogP contribution is 2.25. The molecule has 0 aliphatic carbocycles. The molecule has 0 radical (unpaired) electrons. The molecule has 0 aromatic heterocycles. The highest BCUT2D eigenvalue weighted by Gasteiger charge is 2.33. The van der Waals surface area contributed by atoms with Gasteiger partial charge in [0, 0.05) is 39.3 Å². The highest BCUT2D eigenvalue weighted by molar-refractivity contribution is 7.89. The Morgan fingerprint density at radius 3 is 2.47 bits per heavy atom. The maximum Gasteiger partial charge on any atom is 0.243 e. The zero-order valence-electron chi connectivity index (χ0n) is 19.6. The number of ether oxygens (including phenoxy) is 2. The average molecular weight is 488 g/mol. The topological polar surface area (TPSA) is 88.2 Å². The lowest BCUT2D eigenvalue weighted by molar-refractivity contribution is -0.126. The summed E-state index contributed by atoms with van der Waals surface area (Å²) < 4.78 is 38.2. The highest BCUT2D eigenvalue weighted by atomic mass is 32.2. The fraction of sp³-hybridized carbons (Fsp3) is 0.480. The number of nitrogens with one attached hydrogen (secondary N) is 1. The summed E-state index contributed by atoms with van der Waals surface area (Å²) >= 11 is 0. The van der Waals surface area contributed by atoms with Crippen LogP contribution in [0.15, 0.2) is 53.4 Å². The van der Waals surface area contributed by atoms with Crippen LogP contribution in [0.4, 0.5) is 0 Å². The smallest absolute Gasteiger partial charge is 0.243 e. The first-order valence-electron chi connectivity index (χ1n) is 11.8. The molecule has 8 nitrogen and oxygen atoms in total. The van der Waals surface area contributed by atoms with E-state index in [1.807, 2.05) is 18.2 Å². The van der Waals surface area contributed by atoms with Crippen molar-refractivity contribution in [2.24, 2.45) is 5.92 Å². The number of morpholine rings is 1. The molecular formula is C25H33N3O5S. The fourth-order valence-electron chi connectivity index (χ4n) is 4.48. The molecule has 0 spiro atoms. The molecule has 2 aliphatic heterocycles. The van der Waals surface area contributed by atoms with E-state index in [1.54, 1.807) is 31.4 Å². The molecule has 1 atom stereocenters. The molecule has 1 unspecified atom stereocenters. The van der Waals surface area contributed by atoms with Crippen LogP contribution in [0.25, 0.3) is 0 Å². The number of piperidine rings is 1. The Morgan fingerprint density at radius 2 is 1.76 bits per heavy atom. The SMILES string of the molecule is COc1ccc(S(=O)(=O)N2CCCC(C(=O)NCc3ccccc3CN3CCOCC3)C2)cc1. The Labute approximate surface area is 201 Å². The summed E-state index contributed by atoms with van der Waals surface area (Å²) in [6.45, 7) is 5.17. The zero-order valence-corrected chi connectivity index (χ0v) is 20.4. The van der Waals surface area contributed by atoms with Gasteiger partial charge in [-0.1, -0.05) is 24.3 Å². The summed E-state index contributed by atoms with van der Waals surface area (Å²) in [6, 6.07) is 14.5. The van der Waals surface area contributed by atoms with Crippen LogP contribution in [0.5, 0.6) is 5.75 Å². The number of rotatable bonds is 8. The molecule has 0 bridgehead atoms. The molecular weight excluding hydrogens is 454 g/mol. The molecule has 0 saturated carbocycles. The van der Waals surface area contributed by atoms with E-state index in [2.05, 4.69) is 16.3 Å². The average Bonchev–Trinajstić information content (AvgIpc) is 2.88. The summed E-state index contributed by atoms with van der Waals surface area (Å²) in [5.41, 5.74) is 2.28. The number of sulfonamides is 1. The van der Waals surface area contributed by atoms with Gasteiger partial charge in [-0.3, -0.25) is 9.69 Å². The van der Waals surface area contributed by atoms with Crippen molar-refractivity contribution in [1.82, 2.24) is 14.5 Å². The summed E-state index contributed by atoms with van der Waals surface area (Å²) in [5, 5.41) is 3.05.